The van der Waals surface area contributed by atoms with Crippen LogP contribution in [0.15, 0.2) is 18.2 Å². The molecule has 0 saturated carbocycles. The number of rotatable bonds is 3. The van der Waals surface area contributed by atoms with Gasteiger partial charge in [-0.05, 0) is 49.4 Å². The fraction of sp³-hybridized carbons (Fsp3) is 0.571. The summed E-state index contributed by atoms with van der Waals surface area (Å²) in [7, 11) is 0. The monoisotopic (exact) mass is 275 g/mol. The minimum atomic E-state index is -4.63. The Morgan fingerprint density at radius 1 is 1.37 bits per heavy atom. The number of halogens is 4. The molecule has 1 saturated heterocycles. The van der Waals surface area contributed by atoms with Crippen molar-refractivity contribution in [2.45, 2.75) is 44.3 Å². The van der Waals surface area contributed by atoms with E-state index in [4.69, 9.17) is 0 Å². The summed E-state index contributed by atoms with van der Waals surface area (Å²) in [6.45, 7) is 2.89. The highest BCUT2D eigenvalue weighted by Gasteiger charge is 2.34. The molecule has 106 valence electrons. The Bertz CT molecular complexity index is 436. The van der Waals surface area contributed by atoms with Crippen LogP contribution in [0.1, 0.15) is 43.2 Å². The molecule has 1 aliphatic rings. The van der Waals surface area contributed by atoms with E-state index in [0.717, 1.165) is 37.9 Å². The molecular weight excluding hydrogens is 258 g/mol. The summed E-state index contributed by atoms with van der Waals surface area (Å²) in [4.78, 5) is 0. The summed E-state index contributed by atoms with van der Waals surface area (Å²) in [5, 5.41) is 3.33. The summed E-state index contributed by atoms with van der Waals surface area (Å²) >= 11 is 0. The first-order valence-corrected chi connectivity index (χ1v) is 6.53. The Morgan fingerprint density at radius 3 is 2.58 bits per heavy atom. The molecule has 1 aromatic rings. The molecule has 1 heterocycles. The molecule has 0 bridgehead atoms. The van der Waals surface area contributed by atoms with Crippen LogP contribution in [0.3, 0.4) is 0 Å². The molecule has 1 nitrogen and oxygen atoms in total. The van der Waals surface area contributed by atoms with E-state index in [1.165, 1.54) is 6.07 Å². The van der Waals surface area contributed by atoms with E-state index in [1.807, 2.05) is 6.92 Å². The van der Waals surface area contributed by atoms with Crippen molar-refractivity contribution in [1.82, 2.24) is 5.32 Å². The lowest BCUT2D eigenvalue weighted by atomic mass is 9.87. The van der Waals surface area contributed by atoms with Crippen molar-refractivity contribution in [2.75, 3.05) is 6.54 Å². The van der Waals surface area contributed by atoms with Crippen molar-refractivity contribution in [1.29, 1.82) is 0 Å². The highest BCUT2D eigenvalue weighted by atomic mass is 19.4. The van der Waals surface area contributed by atoms with Gasteiger partial charge in [-0.15, -0.1) is 0 Å². The molecule has 0 radical (unpaired) electrons. The van der Waals surface area contributed by atoms with E-state index in [0.29, 0.717) is 5.56 Å². The molecule has 1 aromatic carbocycles. The number of benzene rings is 1. The van der Waals surface area contributed by atoms with E-state index in [2.05, 4.69) is 5.32 Å². The van der Waals surface area contributed by atoms with Gasteiger partial charge in [0.25, 0.3) is 0 Å². The predicted molar refractivity (Wildman–Crippen MR) is 65.5 cm³/mol. The average Bonchev–Trinajstić information content (AvgIpc) is 2.82. The number of hydrogen-bond donors (Lipinski definition) is 1. The third-order valence-electron chi connectivity index (χ3n) is 3.75. The summed E-state index contributed by atoms with van der Waals surface area (Å²) in [5.74, 6) is -1.11. The Hall–Kier alpha value is -1.10. The van der Waals surface area contributed by atoms with Crippen LogP contribution in [0.25, 0.3) is 0 Å². The minimum Gasteiger partial charge on any atom is -0.313 e. The van der Waals surface area contributed by atoms with Gasteiger partial charge in [0, 0.05) is 6.04 Å². The molecule has 0 aromatic heterocycles. The zero-order valence-corrected chi connectivity index (χ0v) is 10.7. The van der Waals surface area contributed by atoms with Gasteiger partial charge in [-0.2, -0.15) is 13.2 Å². The highest BCUT2D eigenvalue weighted by Crippen LogP contribution is 2.34. The van der Waals surface area contributed by atoms with Gasteiger partial charge in [0.05, 0.1) is 5.56 Å². The first-order chi connectivity index (χ1) is 8.93. The maximum atomic E-state index is 13.6. The van der Waals surface area contributed by atoms with Crippen molar-refractivity contribution >= 4 is 0 Å². The lowest BCUT2D eigenvalue weighted by Gasteiger charge is -2.23. The van der Waals surface area contributed by atoms with E-state index in [-0.39, 0.29) is 12.0 Å². The summed E-state index contributed by atoms with van der Waals surface area (Å²) in [5.41, 5.74) is -0.544. The summed E-state index contributed by atoms with van der Waals surface area (Å²) in [6.07, 6.45) is -1.80. The fourth-order valence-electron chi connectivity index (χ4n) is 2.80. The average molecular weight is 275 g/mol. The Morgan fingerprint density at radius 2 is 2.11 bits per heavy atom. The molecule has 1 N–H and O–H groups in total. The standard InChI is InChI=1S/C14H17F4N/c1-2-10(13-4-3-7-19-13)9-5-6-11(12(15)8-9)14(16,17)18/h5-6,8,10,13,19H,2-4,7H2,1H3. The second-order valence-electron chi connectivity index (χ2n) is 4.95. The number of hydrogen-bond acceptors (Lipinski definition) is 1. The van der Waals surface area contributed by atoms with Crippen LogP contribution in [-0.2, 0) is 6.18 Å². The smallest absolute Gasteiger partial charge is 0.313 e. The van der Waals surface area contributed by atoms with Crippen molar-refractivity contribution in [3.8, 4) is 0 Å². The third kappa shape index (κ3) is 3.08. The van der Waals surface area contributed by atoms with Gasteiger partial charge in [-0.25, -0.2) is 4.39 Å². The molecule has 19 heavy (non-hydrogen) atoms. The quantitative estimate of drug-likeness (QED) is 0.819. The summed E-state index contributed by atoms with van der Waals surface area (Å²) in [6, 6.07) is 3.53. The van der Waals surface area contributed by atoms with Gasteiger partial charge in [0.1, 0.15) is 5.82 Å². The van der Waals surface area contributed by atoms with Crippen LogP contribution < -0.4 is 5.32 Å². The van der Waals surface area contributed by atoms with E-state index in [1.54, 1.807) is 0 Å². The second kappa shape index (κ2) is 5.49. The fourth-order valence-corrected chi connectivity index (χ4v) is 2.80. The minimum absolute atomic E-state index is 0.0688. The first kappa shape index (κ1) is 14.3. The predicted octanol–water partition coefficient (Wildman–Crippen LogP) is 4.09. The van der Waals surface area contributed by atoms with Gasteiger partial charge in [0.2, 0.25) is 0 Å². The molecule has 0 aliphatic carbocycles. The van der Waals surface area contributed by atoms with Gasteiger partial charge < -0.3 is 5.32 Å². The number of alkyl halides is 3. The van der Waals surface area contributed by atoms with Crippen LogP contribution in [0.4, 0.5) is 17.6 Å². The van der Waals surface area contributed by atoms with E-state index >= 15 is 0 Å². The third-order valence-corrected chi connectivity index (χ3v) is 3.75. The molecule has 1 fully saturated rings. The molecule has 2 rings (SSSR count). The van der Waals surface area contributed by atoms with Gasteiger partial charge >= 0.3 is 6.18 Å². The van der Waals surface area contributed by atoms with Crippen molar-refractivity contribution in [3.05, 3.63) is 35.1 Å². The van der Waals surface area contributed by atoms with Crippen molar-refractivity contribution in [2.24, 2.45) is 0 Å². The topological polar surface area (TPSA) is 12.0 Å². The van der Waals surface area contributed by atoms with Crippen LogP contribution in [0.5, 0.6) is 0 Å². The maximum absolute atomic E-state index is 13.6. The van der Waals surface area contributed by atoms with Gasteiger partial charge in [0.15, 0.2) is 0 Å². The molecule has 1 aliphatic heterocycles. The highest BCUT2D eigenvalue weighted by molar-refractivity contribution is 5.30. The Balaban J connectivity index is 2.27. The normalized spacial score (nSPS) is 21.6. The van der Waals surface area contributed by atoms with E-state index < -0.39 is 17.6 Å². The maximum Gasteiger partial charge on any atom is 0.419 e. The van der Waals surface area contributed by atoms with Crippen LogP contribution >= 0.6 is 0 Å². The lowest BCUT2D eigenvalue weighted by Crippen LogP contribution is -2.28. The van der Waals surface area contributed by atoms with Crippen LogP contribution in [0, 0.1) is 5.82 Å². The lowest BCUT2D eigenvalue weighted by molar-refractivity contribution is -0.140. The molecular formula is C14H17F4N. The van der Waals surface area contributed by atoms with E-state index in [9.17, 15) is 17.6 Å². The molecule has 0 spiro atoms. The van der Waals surface area contributed by atoms with Crippen LogP contribution in [0.2, 0.25) is 0 Å². The molecule has 5 heteroatoms. The molecule has 2 unspecified atom stereocenters. The SMILES string of the molecule is CCC(c1ccc(C(F)(F)F)c(F)c1)C1CCCN1. The van der Waals surface area contributed by atoms with Crippen molar-refractivity contribution < 1.29 is 17.6 Å². The van der Waals surface area contributed by atoms with Gasteiger partial charge in [-0.1, -0.05) is 13.0 Å². The molecule has 0 amide bonds. The summed E-state index contributed by atoms with van der Waals surface area (Å²) < 4.78 is 51.1. The first-order valence-electron chi connectivity index (χ1n) is 6.53. The largest absolute Gasteiger partial charge is 0.419 e. The zero-order valence-electron chi connectivity index (χ0n) is 10.7. The number of nitrogens with one attached hydrogen (secondary N) is 1. The van der Waals surface area contributed by atoms with Crippen LogP contribution in [-0.4, -0.2) is 12.6 Å². The Labute approximate surface area is 110 Å². The Kier molecular flexibility index (Phi) is 4.13. The van der Waals surface area contributed by atoms with Crippen molar-refractivity contribution in [3.63, 3.8) is 0 Å². The van der Waals surface area contributed by atoms with Gasteiger partial charge in [-0.3, -0.25) is 0 Å². The molecule has 2 atom stereocenters. The second-order valence-corrected chi connectivity index (χ2v) is 4.95. The zero-order chi connectivity index (χ0) is 14.0.